The normalized spacial score (nSPS) is 20.6. The van der Waals surface area contributed by atoms with Gasteiger partial charge in [-0.15, -0.1) is 0 Å². The predicted octanol–water partition coefficient (Wildman–Crippen LogP) is 1.16. The van der Waals surface area contributed by atoms with Crippen LogP contribution in [0.3, 0.4) is 0 Å². The van der Waals surface area contributed by atoms with Crippen molar-refractivity contribution in [2.75, 3.05) is 6.61 Å². The van der Waals surface area contributed by atoms with Crippen LogP contribution in [0.5, 0.6) is 0 Å². The Morgan fingerprint density at radius 1 is 1.11 bits per heavy atom. The quantitative estimate of drug-likeness (QED) is 0.656. The highest BCUT2D eigenvalue weighted by atomic mass is 16.7. The topological polar surface area (TPSA) is 55.8 Å². The molecule has 1 N–H and O–H groups in total. The molecule has 4 nitrogen and oxygen atoms in total. The van der Waals surface area contributed by atoms with Gasteiger partial charge in [0.25, 0.3) is 0 Å². The fourth-order valence-corrected chi connectivity index (χ4v) is 1.90. The summed E-state index contributed by atoms with van der Waals surface area (Å²) < 4.78 is 11.8. The molecule has 5 heteroatoms. The Morgan fingerprint density at radius 3 is 2.00 bits per heavy atom. The zero-order valence-corrected chi connectivity index (χ0v) is 11.8. The molecule has 0 amide bonds. The van der Waals surface area contributed by atoms with Gasteiger partial charge in [-0.05, 0) is 33.2 Å². The second kappa shape index (κ2) is 4.74. The molecule has 0 spiro atoms. The Labute approximate surface area is 113 Å². The lowest BCUT2D eigenvalue weighted by atomic mass is 9.79. The summed E-state index contributed by atoms with van der Waals surface area (Å²) in [6.45, 7) is 7.51. The summed E-state index contributed by atoms with van der Waals surface area (Å²) >= 11 is 0. The van der Waals surface area contributed by atoms with E-state index in [1.54, 1.807) is 24.3 Å². The number of carbonyl (C=O) groups excluding carboxylic acids is 1. The van der Waals surface area contributed by atoms with Crippen molar-refractivity contribution in [1.29, 1.82) is 0 Å². The highest BCUT2D eigenvalue weighted by Crippen LogP contribution is 2.36. The number of aliphatic hydroxyl groups excluding tert-OH is 1. The zero-order chi connectivity index (χ0) is 14.3. The van der Waals surface area contributed by atoms with Crippen LogP contribution < -0.4 is 5.46 Å². The molecule has 1 heterocycles. The minimum atomic E-state index is -0.476. The van der Waals surface area contributed by atoms with Gasteiger partial charge in [0.2, 0.25) is 0 Å². The van der Waals surface area contributed by atoms with Gasteiger partial charge >= 0.3 is 7.12 Å². The summed E-state index contributed by atoms with van der Waals surface area (Å²) in [5.74, 6) is -0.291. The van der Waals surface area contributed by atoms with E-state index in [4.69, 9.17) is 14.4 Å². The molecule has 1 aliphatic rings. The Hall–Kier alpha value is -1.17. The lowest BCUT2D eigenvalue weighted by Crippen LogP contribution is -2.41. The molecule has 0 aliphatic carbocycles. The summed E-state index contributed by atoms with van der Waals surface area (Å²) in [7, 11) is -0.428. The molecule has 0 atom stereocenters. The van der Waals surface area contributed by atoms with Gasteiger partial charge in [-0.2, -0.15) is 0 Å². The maximum atomic E-state index is 11.3. The van der Waals surface area contributed by atoms with Crippen molar-refractivity contribution in [3.8, 4) is 0 Å². The monoisotopic (exact) mass is 262 g/mol. The highest BCUT2D eigenvalue weighted by molar-refractivity contribution is 6.62. The summed E-state index contributed by atoms with van der Waals surface area (Å²) in [6.07, 6.45) is 0. The molecule has 1 saturated heterocycles. The molecule has 0 saturated carbocycles. The van der Waals surface area contributed by atoms with Crippen molar-refractivity contribution in [3.63, 3.8) is 0 Å². The Morgan fingerprint density at radius 2 is 1.58 bits per heavy atom. The molecule has 19 heavy (non-hydrogen) atoms. The van der Waals surface area contributed by atoms with E-state index in [9.17, 15) is 4.79 Å². The Balaban J connectivity index is 2.19. The van der Waals surface area contributed by atoms with Crippen LogP contribution in [0.15, 0.2) is 24.3 Å². The van der Waals surface area contributed by atoms with Gasteiger partial charge in [-0.1, -0.05) is 24.3 Å². The maximum absolute atomic E-state index is 11.3. The van der Waals surface area contributed by atoms with Crippen LogP contribution in [0.2, 0.25) is 0 Å². The second-order valence-corrected chi connectivity index (χ2v) is 5.79. The first kappa shape index (κ1) is 14.2. The third kappa shape index (κ3) is 2.59. The SMILES string of the molecule is CC1(C)OB(c2ccc(C(=O)CO)cc2)OC1(C)C. The van der Waals surface area contributed by atoms with E-state index in [-0.39, 0.29) is 17.0 Å². The van der Waals surface area contributed by atoms with Crippen molar-refractivity contribution in [2.45, 2.75) is 38.9 Å². The van der Waals surface area contributed by atoms with Gasteiger partial charge in [-0.3, -0.25) is 4.79 Å². The standard InChI is InChI=1S/C14H19BO4/c1-13(2)14(3,4)19-15(18-13)11-7-5-10(6-8-11)12(17)9-16/h5-8,16H,9H2,1-4H3. The first-order chi connectivity index (χ1) is 8.77. The van der Waals surface area contributed by atoms with Crippen molar-refractivity contribution < 1.29 is 19.2 Å². The molecule has 1 aromatic rings. The predicted molar refractivity (Wildman–Crippen MR) is 73.6 cm³/mol. The smallest absolute Gasteiger partial charge is 0.399 e. The molecule has 0 unspecified atom stereocenters. The lowest BCUT2D eigenvalue weighted by molar-refractivity contribution is 0.00578. The number of hydrogen-bond acceptors (Lipinski definition) is 4. The van der Waals surface area contributed by atoms with Gasteiger partial charge in [0.15, 0.2) is 5.78 Å². The highest BCUT2D eigenvalue weighted by Gasteiger charge is 2.51. The fraction of sp³-hybridized carbons (Fsp3) is 0.500. The van der Waals surface area contributed by atoms with E-state index in [0.717, 1.165) is 5.46 Å². The number of rotatable bonds is 3. The van der Waals surface area contributed by atoms with Gasteiger partial charge in [-0.25, -0.2) is 0 Å². The molecular formula is C14H19BO4. The number of carbonyl (C=O) groups is 1. The number of ketones is 1. The summed E-state index contributed by atoms with van der Waals surface area (Å²) in [6, 6.07) is 6.95. The van der Waals surface area contributed by atoms with Crippen LogP contribution >= 0.6 is 0 Å². The van der Waals surface area contributed by atoms with Gasteiger partial charge in [0.05, 0.1) is 11.2 Å². The van der Waals surface area contributed by atoms with Crippen molar-refractivity contribution in [3.05, 3.63) is 29.8 Å². The largest absolute Gasteiger partial charge is 0.494 e. The Kier molecular flexibility index (Phi) is 3.56. The second-order valence-electron chi connectivity index (χ2n) is 5.79. The van der Waals surface area contributed by atoms with Crippen LogP contribution in [0.4, 0.5) is 0 Å². The Bertz CT molecular complexity index is 463. The number of aliphatic hydroxyl groups is 1. The van der Waals surface area contributed by atoms with Crippen LogP contribution in [0, 0.1) is 0 Å². The van der Waals surface area contributed by atoms with E-state index in [0.29, 0.717) is 5.56 Å². The molecule has 2 rings (SSSR count). The molecular weight excluding hydrogens is 243 g/mol. The van der Waals surface area contributed by atoms with Crippen molar-refractivity contribution >= 4 is 18.4 Å². The van der Waals surface area contributed by atoms with Crippen LogP contribution in [-0.4, -0.2) is 35.8 Å². The molecule has 1 aromatic carbocycles. The van der Waals surface area contributed by atoms with E-state index < -0.39 is 13.7 Å². The van der Waals surface area contributed by atoms with Gasteiger partial charge < -0.3 is 14.4 Å². The first-order valence-electron chi connectivity index (χ1n) is 6.36. The minimum absolute atomic E-state index is 0.291. The fourth-order valence-electron chi connectivity index (χ4n) is 1.90. The summed E-state index contributed by atoms with van der Waals surface area (Å²) in [5.41, 5.74) is 0.602. The van der Waals surface area contributed by atoms with Crippen LogP contribution in [-0.2, 0) is 9.31 Å². The molecule has 0 bridgehead atoms. The molecule has 102 valence electrons. The zero-order valence-electron chi connectivity index (χ0n) is 11.8. The number of hydrogen-bond donors (Lipinski definition) is 1. The minimum Gasteiger partial charge on any atom is -0.399 e. The molecule has 1 fully saturated rings. The average Bonchev–Trinajstić information content (AvgIpc) is 2.58. The van der Waals surface area contributed by atoms with E-state index in [1.807, 2.05) is 27.7 Å². The molecule has 0 aromatic heterocycles. The third-order valence-corrected chi connectivity index (χ3v) is 3.90. The van der Waals surface area contributed by atoms with Crippen molar-refractivity contribution in [1.82, 2.24) is 0 Å². The summed E-state index contributed by atoms with van der Waals surface area (Å²) in [5, 5.41) is 8.81. The van der Waals surface area contributed by atoms with E-state index in [2.05, 4.69) is 0 Å². The van der Waals surface area contributed by atoms with Crippen LogP contribution in [0.25, 0.3) is 0 Å². The molecule has 1 aliphatic heterocycles. The van der Waals surface area contributed by atoms with Gasteiger partial charge in [0.1, 0.15) is 6.61 Å². The molecule has 0 radical (unpaired) electrons. The number of Topliss-reactive ketones (excluding diaryl/α,β-unsaturated/α-hetero) is 1. The number of benzene rings is 1. The maximum Gasteiger partial charge on any atom is 0.494 e. The average molecular weight is 262 g/mol. The lowest BCUT2D eigenvalue weighted by Gasteiger charge is -2.32. The van der Waals surface area contributed by atoms with Crippen LogP contribution in [0.1, 0.15) is 38.1 Å². The van der Waals surface area contributed by atoms with Crippen molar-refractivity contribution in [2.24, 2.45) is 0 Å². The van der Waals surface area contributed by atoms with E-state index in [1.165, 1.54) is 0 Å². The van der Waals surface area contributed by atoms with E-state index >= 15 is 0 Å². The summed E-state index contributed by atoms with van der Waals surface area (Å²) in [4.78, 5) is 11.3. The third-order valence-electron chi connectivity index (χ3n) is 3.90. The first-order valence-corrected chi connectivity index (χ1v) is 6.36. The van der Waals surface area contributed by atoms with Gasteiger partial charge in [0, 0.05) is 5.56 Å².